The summed E-state index contributed by atoms with van der Waals surface area (Å²) < 4.78 is 0. The van der Waals surface area contributed by atoms with Crippen molar-refractivity contribution in [1.29, 1.82) is 0 Å². The first-order chi connectivity index (χ1) is 8.45. The van der Waals surface area contributed by atoms with Crippen LogP contribution in [0.2, 0.25) is 0 Å². The van der Waals surface area contributed by atoms with Crippen LogP contribution in [0, 0.1) is 5.92 Å². The topological polar surface area (TPSA) is 58.4 Å². The number of amides is 1. The third kappa shape index (κ3) is 4.25. The lowest BCUT2D eigenvalue weighted by Gasteiger charge is -2.36. The minimum Gasteiger partial charge on any atom is -0.352 e. The summed E-state index contributed by atoms with van der Waals surface area (Å²) in [5, 5.41) is 3.06. The van der Waals surface area contributed by atoms with Crippen molar-refractivity contribution in [2.24, 2.45) is 11.7 Å². The molecule has 4 heteroatoms. The number of nitrogens with one attached hydrogen (secondary N) is 1. The van der Waals surface area contributed by atoms with Crippen LogP contribution in [0.5, 0.6) is 0 Å². The zero-order valence-electron chi connectivity index (χ0n) is 12.3. The van der Waals surface area contributed by atoms with Crippen molar-refractivity contribution in [3.05, 3.63) is 0 Å². The Bertz CT molecular complexity index is 260. The molecule has 3 unspecified atom stereocenters. The van der Waals surface area contributed by atoms with Crippen LogP contribution in [-0.4, -0.2) is 42.0 Å². The van der Waals surface area contributed by atoms with Gasteiger partial charge in [0.2, 0.25) is 5.91 Å². The van der Waals surface area contributed by atoms with Gasteiger partial charge in [-0.2, -0.15) is 0 Å². The minimum absolute atomic E-state index is 0.0203. The molecule has 106 valence electrons. The van der Waals surface area contributed by atoms with Gasteiger partial charge < -0.3 is 11.1 Å². The Morgan fingerprint density at radius 2 is 1.89 bits per heavy atom. The fourth-order valence-corrected chi connectivity index (χ4v) is 2.46. The van der Waals surface area contributed by atoms with Crippen LogP contribution in [0.3, 0.4) is 0 Å². The molecule has 1 saturated heterocycles. The largest absolute Gasteiger partial charge is 0.352 e. The molecule has 3 N–H and O–H groups in total. The molecule has 1 amide bonds. The number of hydrogen-bond donors (Lipinski definition) is 2. The number of nitrogens with zero attached hydrogens (tertiary/aromatic N) is 1. The predicted octanol–water partition coefficient (Wildman–Crippen LogP) is 1.35. The normalized spacial score (nSPS) is 23.4. The average molecular weight is 255 g/mol. The molecule has 4 nitrogen and oxygen atoms in total. The summed E-state index contributed by atoms with van der Waals surface area (Å²) in [6, 6.07) is 0.519. The first-order valence-corrected chi connectivity index (χ1v) is 7.25. The van der Waals surface area contributed by atoms with Gasteiger partial charge in [0.1, 0.15) is 0 Å². The smallest absolute Gasteiger partial charge is 0.237 e. The Kier molecular flexibility index (Phi) is 6.09. The van der Waals surface area contributed by atoms with Gasteiger partial charge in [-0.15, -0.1) is 0 Å². The summed E-state index contributed by atoms with van der Waals surface area (Å²) in [4.78, 5) is 14.3. The van der Waals surface area contributed by atoms with Gasteiger partial charge in [-0.25, -0.2) is 0 Å². The lowest BCUT2D eigenvalue weighted by atomic mass is 9.90. The molecule has 1 aliphatic rings. The molecule has 0 aromatic heterocycles. The number of piperidine rings is 1. The zero-order valence-corrected chi connectivity index (χ0v) is 12.3. The van der Waals surface area contributed by atoms with Crippen molar-refractivity contribution in [3.63, 3.8) is 0 Å². The van der Waals surface area contributed by atoms with Crippen molar-refractivity contribution in [3.8, 4) is 0 Å². The molecule has 0 aliphatic carbocycles. The van der Waals surface area contributed by atoms with E-state index in [4.69, 9.17) is 5.73 Å². The van der Waals surface area contributed by atoms with Crippen LogP contribution in [0.1, 0.15) is 47.0 Å². The van der Waals surface area contributed by atoms with Crippen LogP contribution in [0.4, 0.5) is 0 Å². The van der Waals surface area contributed by atoms with Crippen LogP contribution in [0.25, 0.3) is 0 Å². The lowest BCUT2D eigenvalue weighted by Crippen LogP contribution is -2.51. The molecule has 1 fully saturated rings. The monoisotopic (exact) mass is 255 g/mol. The molecule has 1 rings (SSSR count). The van der Waals surface area contributed by atoms with Gasteiger partial charge >= 0.3 is 0 Å². The van der Waals surface area contributed by atoms with Crippen molar-refractivity contribution in [2.45, 2.75) is 65.1 Å². The Labute approximate surface area is 111 Å². The number of likely N-dealkylation sites (tertiary alicyclic amines) is 1. The first kappa shape index (κ1) is 15.4. The highest BCUT2D eigenvalue weighted by molar-refractivity contribution is 5.81. The highest BCUT2D eigenvalue weighted by atomic mass is 16.2. The van der Waals surface area contributed by atoms with Crippen LogP contribution in [-0.2, 0) is 4.79 Å². The summed E-state index contributed by atoms with van der Waals surface area (Å²) in [6.45, 7) is 10.2. The number of carbonyl (C=O) groups excluding carboxylic acids is 1. The van der Waals surface area contributed by atoms with E-state index in [0.29, 0.717) is 5.92 Å². The molecule has 0 aromatic carbocycles. The quantitative estimate of drug-likeness (QED) is 0.779. The summed E-state index contributed by atoms with van der Waals surface area (Å²) in [7, 11) is 0. The van der Waals surface area contributed by atoms with Crippen molar-refractivity contribution in [2.75, 3.05) is 13.1 Å². The van der Waals surface area contributed by atoms with Gasteiger partial charge in [0.05, 0.1) is 6.04 Å². The van der Waals surface area contributed by atoms with E-state index in [2.05, 4.69) is 24.1 Å². The van der Waals surface area contributed by atoms with E-state index in [9.17, 15) is 4.79 Å². The van der Waals surface area contributed by atoms with Gasteiger partial charge in [-0.1, -0.05) is 6.92 Å². The number of nitrogens with two attached hydrogens (primary N) is 1. The molecule has 0 spiro atoms. The standard InChI is InChI=1S/C14H29N3O/c1-5-10(2)16-14(18)12(4)17-8-6-13(7-9-17)11(3)15/h10-13H,5-9,15H2,1-4H3,(H,16,18). The lowest BCUT2D eigenvalue weighted by molar-refractivity contribution is -0.127. The second-order valence-corrected chi connectivity index (χ2v) is 5.73. The van der Waals surface area contributed by atoms with Gasteiger partial charge in [0, 0.05) is 12.1 Å². The Hall–Kier alpha value is -0.610. The van der Waals surface area contributed by atoms with E-state index in [1.54, 1.807) is 0 Å². The fraction of sp³-hybridized carbons (Fsp3) is 0.929. The summed E-state index contributed by atoms with van der Waals surface area (Å²) in [6.07, 6.45) is 3.20. The van der Waals surface area contributed by atoms with Crippen molar-refractivity contribution in [1.82, 2.24) is 10.2 Å². The molecular formula is C14H29N3O. The Morgan fingerprint density at radius 1 is 1.33 bits per heavy atom. The molecule has 0 bridgehead atoms. The van der Waals surface area contributed by atoms with E-state index in [1.807, 2.05) is 13.8 Å². The van der Waals surface area contributed by atoms with E-state index in [0.717, 1.165) is 32.4 Å². The Morgan fingerprint density at radius 3 is 2.33 bits per heavy atom. The maximum atomic E-state index is 12.0. The highest BCUT2D eigenvalue weighted by Gasteiger charge is 2.28. The highest BCUT2D eigenvalue weighted by Crippen LogP contribution is 2.21. The second-order valence-electron chi connectivity index (χ2n) is 5.73. The molecule has 0 aromatic rings. The SMILES string of the molecule is CCC(C)NC(=O)C(C)N1CCC(C(C)N)CC1. The Balaban J connectivity index is 2.39. The maximum Gasteiger partial charge on any atom is 0.237 e. The first-order valence-electron chi connectivity index (χ1n) is 7.25. The summed E-state index contributed by atoms with van der Waals surface area (Å²) >= 11 is 0. The van der Waals surface area contributed by atoms with Gasteiger partial charge in [0.15, 0.2) is 0 Å². The van der Waals surface area contributed by atoms with E-state index >= 15 is 0 Å². The molecule has 18 heavy (non-hydrogen) atoms. The van der Waals surface area contributed by atoms with Gasteiger partial charge in [0.25, 0.3) is 0 Å². The third-order valence-corrected chi connectivity index (χ3v) is 4.25. The fourth-order valence-electron chi connectivity index (χ4n) is 2.46. The summed E-state index contributed by atoms with van der Waals surface area (Å²) in [5.74, 6) is 0.773. The zero-order chi connectivity index (χ0) is 13.7. The molecule has 1 aliphatic heterocycles. The van der Waals surface area contributed by atoms with Crippen molar-refractivity contribution >= 4 is 5.91 Å². The van der Waals surface area contributed by atoms with E-state index in [1.165, 1.54) is 0 Å². The van der Waals surface area contributed by atoms with Gasteiger partial charge in [-0.3, -0.25) is 9.69 Å². The second kappa shape index (κ2) is 7.10. The number of hydrogen-bond acceptors (Lipinski definition) is 3. The van der Waals surface area contributed by atoms with E-state index in [-0.39, 0.29) is 24.0 Å². The third-order valence-electron chi connectivity index (χ3n) is 4.25. The van der Waals surface area contributed by atoms with Crippen molar-refractivity contribution < 1.29 is 4.79 Å². The number of carbonyl (C=O) groups is 1. The molecule has 0 radical (unpaired) electrons. The molecule has 3 atom stereocenters. The molecule has 1 heterocycles. The average Bonchev–Trinajstić information content (AvgIpc) is 2.37. The minimum atomic E-state index is -0.0203. The van der Waals surface area contributed by atoms with Gasteiger partial charge in [-0.05, 0) is 59.0 Å². The van der Waals surface area contributed by atoms with E-state index < -0.39 is 0 Å². The molecule has 0 saturated carbocycles. The van der Waals surface area contributed by atoms with Crippen LogP contribution >= 0.6 is 0 Å². The van der Waals surface area contributed by atoms with Crippen LogP contribution < -0.4 is 11.1 Å². The maximum absolute atomic E-state index is 12.0. The predicted molar refractivity (Wildman–Crippen MR) is 75.3 cm³/mol. The molecular weight excluding hydrogens is 226 g/mol. The summed E-state index contributed by atoms with van der Waals surface area (Å²) in [5.41, 5.74) is 5.93. The van der Waals surface area contributed by atoms with Crippen LogP contribution in [0.15, 0.2) is 0 Å². The number of rotatable bonds is 5.